The number of benzene rings is 1. The first-order chi connectivity index (χ1) is 12.7. The van der Waals surface area contributed by atoms with Crippen molar-refractivity contribution in [3.8, 4) is 5.75 Å². The van der Waals surface area contributed by atoms with Crippen LogP contribution in [0, 0.1) is 5.41 Å². The number of unbranched alkanes of at least 4 members (excludes halogenated alkanes) is 2. The first-order valence-electron chi connectivity index (χ1n) is 11.1. The van der Waals surface area contributed by atoms with Gasteiger partial charge in [0.25, 0.3) is 0 Å². The van der Waals surface area contributed by atoms with E-state index >= 15 is 0 Å². The monoisotopic (exact) mass is 354 g/mol. The van der Waals surface area contributed by atoms with Gasteiger partial charge in [-0.1, -0.05) is 57.4 Å². The molecule has 3 aliphatic rings. The van der Waals surface area contributed by atoms with E-state index in [1.165, 1.54) is 64.2 Å². The van der Waals surface area contributed by atoms with Crippen molar-refractivity contribution in [3.63, 3.8) is 0 Å². The molecule has 144 valence electrons. The zero-order valence-corrected chi connectivity index (χ0v) is 17.1. The Morgan fingerprint density at radius 2 is 1.58 bits per heavy atom. The fourth-order valence-electron chi connectivity index (χ4n) is 5.26. The molecular formula is C25H38O. The predicted octanol–water partition coefficient (Wildman–Crippen LogP) is 7.59. The largest absolute Gasteiger partial charge is 0.493 e. The second-order valence-electron chi connectivity index (χ2n) is 8.78. The van der Waals surface area contributed by atoms with Crippen LogP contribution in [0.3, 0.4) is 0 Å². The zero-order chi connectivity index (χ0) is 18.3. The Morgan fingerprint density at radius 1 is 0.885 bits per heavy atom. The number of ether oxygens (including phenoxy) is 1. The van der Waals surface area contributed by atoms with Crippen molar-refractivity contribution in [3.05, 3.63) is 42.0 Å². The van der Waals surface area contributed by atoms with Gasteiger partial charge in [-0.3, -0.25) is 0 Å². The van der Waals surface area contributed by atoms with Crippen molar-refractivity contribution < 1.29 is 4.74 Å². The van der Waals surface area contributed by atoms with Gasteiger partial charge in [0.1, 0.15) is 5.75 Å². The lowest BCUT2D eigenvalue weighted by Gasteiger charge is -2.54. The highest BCUT2D eigenvalue weighted by molar-refractivity contribution is 5.34. The predicted molar refractivity (Wildman–Crippen MR) is 112 cm³/mol. The van der Waals surface area contributed by atoms with Gasteiger partial charge in [0, 0.05) is 0 Å². The fourth-order valence-corrected chi connectivity index (χ4v) is 5.26. The molecule has 3 saturated carbocycles. The lowest BCUT2D eigenvalue weighted by atomic mass is 9.51. The fraction of sp³-hybridized carbons (Fsp3) is 0.680. The number of rotatable bonds is 10. The molecular weight excluding hydrogens is 316 g/mol. The molecule has 3 fully saturated rings. The molecule has 1 heteroatoms. The normalized spacial score (nSPS) is 27.9. The molecule has 2 bridgehead atoms. The smallest absolute Gasteiger partial charge is 0.119 e. The van der Waals surface area contributed by atoms with Crippen molar-refractivity contribution in [1.29, 1.82) is 0 Å². The summed E-state index contributed by atoms with van der Waals surface area (Å²) in [5.74, 6) is 1.02. The highest BCUT2D eigenvalue weighted by Gasteiger charge is 2.48. The minimum absolute atomic E-state index is 0.467. The van der Waals surface area contributed by atoms with Crippen molar-refractivity contribution in [2.24, 2.45) is 5.41 Å². The van der Waals surface area contributed by atoms with Crippen LogP contribution in [0.5, 0.6) is 5.75 Å². The molecule has 0 radical (unpaired) electrons. The topological polar surface area (TPSA) is 9.23 Å². The van der Waals surface area contributed by atoms with Gasteiger partial charge in [-0.2, -0.15) is 0 Å². The molecule has 1 aromatic carbocycles. The maximum atomic E-state index is 5.89. The summed E-state index contributed by atoms with van der Waals surface area (Å²) in [5, 5.41) is 0. The molecule has 0 aliphatic heterocycles. The minimum atomic E-state index is 0.467. The van der Waals surface area contributed by atoms with Crippen molar-refractivity contribution >= 4 is 0 Å². The SMILES string of the molecule is CC/C=C\CCOc1ccc(C23CCC(CCCCC)(CC2)CC3)cc1. The zero-order valence-electron chi connectivity index (χ0n) is 17.1. The molecule has 1 aromatic rings. The Labute approximate surface area is 161 Å². The van der Waals surface area contributed by atoms with Gasteiger partial charge in [0.2, 0.25) is 0 Å². The highest BCUT2D eigenvalue weighted by Crippen LogP contribution is 2.59. The Bertz CT molecular complexity index is 544. The number of hydrogen-bond acceptors (Lipinski definition) is 1. The van der Waals surface area contributed by atoms with Gasteiger partial charge in [-0.05, 0) is 86.3 Å². The van der Waals surface area contributed by atoms with Gasteiger partial charge in [-0.15, -0.1) is 0 Å². The summed E-state index contributed by atoms with van der Waals surface area (Å²) in [7, 11) is 0. The van der Waals surface area contributed by atoms with Crippen LogP contribution >= 0.6 is 0 Å². The third kappa shape index (κ3) is 4.53. The van der Waals surface area contributed by atoms with E-state index in [0.29, 0.717) is 10.8 Å². The summed E-state index contributed by atoms with van der Waals surface area (Å²) in [4.78, 5) is 0. The van der Waals surface area contributed by atoms with Gasteiger partial charge in [-0.25, -0.2) is 0 Å². The third-order valence-electron chi connectivity index (χ3n) is 7.13. The van der Waals surface area contributed by atoms with Crippen LogP contribution in [-0.2, 0) is 5.41 Å². The molecule has 0 aromatic heterocycles. The number of hydrogen-bond donors (Lipinski definition) is 0. The Kier molecular flexibility index (Phi) is 6.84. The quantitative estimate of drug-likeness (QED) is 0.310. The summed E-state index contributed by atoms with van der Waals surface area (Å²) >= 11 is 0. The molecule has 0 amide bonds. The first kappa shape index (κ1) is 19.5. The molecule has 0 heterocycles. The van der Waals surface area contributed by atoms with E-state index in [2.05, 4.69) is 50.3 Å². The van der Waals surface area contributed by atoms with E-state index in [9.17, 15) is 0 Å². The van der Waals surface area contributed by atoms with Gasteiger partial charge < -0.3 is 4.74 Å². The molecule has 3 aliphatic carbocycles. The van der Waals surface area contributed by atoms with Crippen LogP contribution in [0.15, 0.2) is 36.4 Å². The summed E-state index contributed by atoms with van der Waals surface area (Å²) in [6.45, 7) is 5.27. The van der Waals surface area contributed by atoms with Crippen LogP contribution in [-0.4, -0.2) is 6.61 Å². The van der Waals surface area contributed by atoms with Crippen molar-refractivity contribution in [1.82, 2.24) is 0 Å². The molecule has 1 nitrogen and oxygen atoms in total. The molecule has 0 N–H and O–H groups in total. The summed E-state index contributed by atoms with van der Waals surface area (Å²) in [5.41, 5.74) is 2.73. The molecule has 0 atom stereocenters. The highest BCUT2D eigenvalue weighted by atomic mass is 16.5. The van der Waals surface area contributed by atoms with E-state index in [4.69, 9.17) is 4.74 Å². The van der Waals surface area contributed by atoms with E-state index in [-0.39, 0.29) is 0 Å². The minimum Gasteiger partial charge on any atom is -0.493 e. The van der Waals surface area contributed by atoms with E-state index in [1.807, 2.05) is 0 Å². The molecule has 4 rings (SSSR count). The Balaban J connectivity index is 1.53. The number of allylic oxidation sites excluding steroid dienone is 1. The number of fused-ring (bicyclic) bond motifs is 3. The average molecular weight is 355 g/mol. The van der Waals surface area contributed by atoms with E-state index in [0.717, 1.165) is 25.2 Å². The summed E-state index contributed by atoms with van der Waals surface area (Å²) in [6, 6.07) is 9.11. The average Bonchev–Trinajstić information content (AvgIpc) is 2.70. The Hall–Kier alpha value is -1.24. The molecule has 0 saturated heterocycles. The molecule has 26 heavy (non-hydrogen) atoms. The lowest BCUT2D eigenvalue weighted by Crippen LogP contribution is -2.44. The summed E-state index contributed by atoms with van der Waals surface area (Å²) in [6.07, 6.45) is 20.8. The lowest BCUT2D eigenvalue weighted by molar-refractivity contribution is 0.0305. The van der Waals surface area contributed by atoms with E-state index in [1.54, 1.807) is 5.56 Å². The van der Waals surface area contributed by atoms with Crippen LogP contribution in [0.4, 0.5) is 0 Å². The van der Waals surface area contributed by atoms with Crippen LogP contribution in [0.1, 0.15) is 96.5 Å². The van der Waals surface area contributed by atoms with Gasteiger partial charge in [0.05, 0.1) is 6.61 Å². The van der Waals surface area contributed by atoms with Crippen LogP contribution < -0.4 is 4.74 Å². The standard InChI is InChI=1S/C25H38O/c1-3-5-7-9-21-26-23-12-10-22(11-13-23)25-18-15-24(16-19-25,17-20-25)14-8-6-4-2/h5,7,10-13H,3-4,6,8-9,14-21H2,1-2H3/b7-5-. The van der Waals surface area contributed by atoms with E-state index < -0.39 is 0 Å². The van der Waals surface area contributed by atoms with Gasteiger partial charge >= 0.3 is 0 Å². The maximum Gasteiger partial charge on any atom is 0.119 e. The second kappa shape index (κ2) is 9.11. The third-order valence-corrected chi connectivity index (χ3v) is 7.13. The van der Waals surface area contributed by atoms with Crippen molar-refractivity contribution in [2.75, 3.05) is 6.61 Å². The molecule has 0 spiro atoms. The molecule has 0 unspecified atom stereocenters. The maximum absolute atomic E-state index is 5.89. The first-order valence-corrected chi connectivity index (χ1v) is 11.1. The summed E-state index contributed by atoms with van der Waals surface area (Å²) < 4.78 is 5.89. The van der Waals surface area contributed by atoms with Crippen LogP contribution in [0.25, 0.3) is 0 Å². The second-order valence-corrected chi connectivity index (χ2v) is 8.78. The Morgan fingerprint density at radius 3 is 2.19 bits per heavy atom. The van der Waals surface area contributed by atoms with Crippen molar-refractivity contribution in [2.45, 2.75) is 96.3 Å². The van der Waals surface area contributed by atoms with Gasteiger partial charge in [0.15, 0.2) is 0 Å². The van der Waals surface area contributed by atoms with Crippen LogP contribution in [0.2, 0.25) is 0 Å².